The molecule has 1 aliphatic rings. The standard InChI is InChI=1S/C15H17N5O/c1-2-5-14(21)16-12-7-10-19(11-8-12)15-18-17-13-6-3-4-9-20(13)15/h3-4,6,9,12H,7-8,10-11H2,1H3,(H,16,21). The average Bonchev–Trinajstić information content (AvgIpc) is 2.92. The summed E-state index contributed by atoms with van der Waals surface area (Å²) in [5, 5.41) is 11.4. The lowest BCUT2D eigenvalue weighted by Gasteiger charge is -2.31. The van der Waals surface area contributed by atoms with Crippen LogP contribution in [0.2, 0.25) is 0 Å². The Balaban J connectivity index is 1.65. The summed E-state index contributed by atoms with van der Waals surface area (Å²) in [7, 11) is 0. The van der Waals surface area contributed by atoms with E-state index in [0.29, 0.717) is 0 Å². The van der Waals surface area contributed by atoms with E-state index in [0.717, 1.165) is 37.5 Å². The molecule has 0 unspecified atom stereocenters. The third-order valence-corrected chi connectivity index (χ3v) is 3.65. The van der Waals surface area contributed by atoms with Gasteiger partial charge in [-0.2, -0.15) is 0 Å². The molecule has 0 atom stereocenters. The first-order valence-corrected chi connectivity index (χ1v) is 7.06. The molecule has 3 heterocycles. The van der Waals surface area contributed by atoms with Gasteiger partial charge in [0, 0.05) is 25.3 Å². The molecular weight excluding hydrogens is 266 g/mol. The van der Waals surface area contributed by atoms with Crippen molar-refractivity contribution in [2.75, 3.05) is 18.0 Å². The number of amides is 1. The van der Waals surface area contributed by atoms with Gasteiger partial charge >= 0.3 is 0 Å². The second-order valence-electron chi connectivity index (χ2n) is 5.04. The third kappa shape index (κ3) is 2.82. The van der Waals surface area contributed by atoms with Crippen molar-refractivity contribution in [1.29, 1.82) is 0 Å². The predicted octanol–water partition coefficient (Wildman–Crippen LogP) is 0.838. The van der Waals surface area contributed by atoms with E-state index in [4.69, 9.17) is 0 Å². The minimum absolute atomic E-state index is 0.189. The van der Waals surface area contributed by atoms with Crippen LogP contribution in [0.25, 0.3) is 5.65 Å². The quantitative estimate of drug-likeness (QED) is 0.830. The molecule has 6 heteroatoms. The Kier molecular flexibility index (Phi) is 3.73. The molecule has 1 fully saturated rings. The van der Waals surface area contributed by atoms with E-state index < -0.39 is 0 Å². The molecule has 108 valence electrons. The number of aromatic nitrogens is 3. The number of hydrogen-bond acceptors (Lipinski definition) is 4. The number of rotatable bonds is 2. The molecule has 1 amide bonds. The Morgan fingerprint density at radius 2 is 2.14 bits per heavy atom. The van der Waals surface area contributed by atoms with Crippen molar-refractivity contribution >= 4 is 17.5 Å². The summed E-state index contributed by atoms with van der Waals surface area (Å²) in [6.07, 6.45) is 3.74. The van der Waals surface area contributed by atoms with Gasteiger partial charge in [-0.15, -0.1) is 10.2 Å². The summed E-state index contributed by atoms with van der Waals surface area (Å²) in [5.74, 6) is 5.80. The molecule has 6 nitrogen and oxygen atoms in total. The van der Waals surface area contributed by atoms with Crippen molar-refractivity contribution in [3.63, 3.8) is 0 Å². The third-order valence-electron chi connectivity index (χ3n) is 3.65. The first-order chi connectivity index (χ1) is 10.3. The lowest BCUT2D eigenvalue weighted by Crippen LogP contribution is -2.44. The summed E-state index contributed by atoms with van der Waals surface area (Å²) in [6.45, 7) is 3.36. The van der Waals surface area contributed by atoms with Gasteiger partial charge in [-0.3, -0.25) is 9.20 Å². The Hall–Kier alpha value is -2.55. The highest BCUT2D eigenvalue weighted by atomic mass is 16.1. The second kappa shape index (κ2) is 5.83. The molecule has 2 aromatic heterocycles. The van der Waals surface area contributed by atoms with Crippen molar-refractivity contribution in [3.8, 4) is 11.8 Å². The van der Waals surface area contributed by atoms with Crippen LogP contribution in [0.1, 0.15) is 19.8 Å². The predicted molar refractivity (Wildman–Crippen MR) is 79.8 cm³/mol. The maximum Gasteiger partial charge on any atom is 0.296 e. The van der Waals surface area contributed by atoms with E-state index in [9.17, 15) is 4.79 Å². The van der Waals surface area contributed by atoms with Crippen LogP contribution in [0.15, 0.2) is 24.4 Å². The van der Waals surface area contributed by atoms with Crippen molar-refractivity contribution in [2.45, 2.75) is 25.8 Å². The minimum Gasteiger partial charge on any atom is -0.342 e. The summed E-state index contributed by atoms with van der Waals surface area (Å²) >= 11 is 0. The first-order valence-electron chi connectivity index (χ1n) is 7.06. The number of fused-ring (bicyclic) bond motifs is 1. The molecule has 21 heavy (non-hydrogen) atoms. The van der Waals surface area contributed by atoms with Crippen LogP contribution in [0.5, 0.6) is 0 Å². The highest BCUT2D eigenvalue weighted by molar-refractivity contribution is 5.93. The van der Waals surface area contributed by atoms with E-state index in [1.807, 2.05) is 28.8 Å². The smallest absolute Gasteiger partial charge is 0.296 e. The fourth-order valence-corrected chi connectivity index (χ4v) is 2.60. The highest BCUT2D eigenvalue weighted by Gasteiger charge is 2.23. The van der Waals surface area contributed by atoms with Crippen molar-refractivity contribution in [2.24, 2.45) is 0 Å². The van der Waals surface area contributed by atoms with Gasteiger partial charge in [-0.1, -0.05) is 12.0 Å². The van der Waals surface area contributed by atoms with Gasteiger partial charge in [0.05, 0.1) is 0 Å². The Bertz CT molecular complexity index is 703. The van der Waals surface area contributed by atoms with Crippen LogP contribution in [0.4, 0.5) is 5.95 Å². The van der Waals surface area contributed by atoms with Gasteiger partial charge in [-0.25, -0.2) is 0 Å². The second-order valence-corrected chi connectivity index (χ2v) is 5.04. The van der Waals surface area contributed by atoms with Gasteiger partial charge in [0.15, 0.2) is 5.65 Å². The largest absolute Gasteiger partial charge is 0.342 e. The Labute approximate surface area is 123 Å². The number of anilines is 1. The molecule has 0 radical (unpaired) electrons. The number of nitrogens with one attached hydrogen (secondary N) is 1. The summed E-state index contributed by atoms with van der Waals surface area (Å²) < 4.78 is 1.99. The monoisotopic (exact) mass is 283 g/mol. The van der Waals surface area contributed by atoms with Gasteiger partial charge in [0.25, 0.3) is 5.91 Å². The maximum absolute atomic E-state index is 11.5. The molecule has 0 spiro atoms. The maximum atomic E-state index is 11.5. The van der Waals surface area contributed by atoms with Gasteiger partial charge in [0.1, 0.15) is 0 Å². The summed E-state index contributed by atoms with van der Waals surface area (Å²) in [5.41, 5.74) is 0.848. The normalized spacial score (nSPS) is 15.6. The average molecular weight is 283 g/mol. The number of carbonyl (C=O) groups is 1. The fraction of sp³-hybridized carbons (Fsp3) is 0.400. The van der Waals surface area contributed by atoms with Gasteiger partial charge < -0.3 is 10.2 Å². The Morgan fingerprint density at radius 3 is 2.90 bits per heavy atom. The molecule has 0 bridgehead atoms. The number of pyridine rings is 1. The van der Waals surface area contributed by atoms with Crippen LogP contribution in [0, 0.1) is 11.8 Å². The molecule has 3 rings (SSSR count). The number of carbonyl (C=O) groups excluding carboxylic acids is 1. The van der Waals surface area contributed by atoms with Crippen molar-refractivity contribution in [1.82, 2.24) is 19.9 Å². The molecule has 1 aliphatic heterocycles. The molecule has 0 aliphatic carbocycles. The summed E-state index contributed by atoms with van der Waals surface area (Å²) in [6, 6.07) is 6.04. The first kappa shape index (κ1) is 13.4. The van der Waals surface area contributed by atoms with E-state index in [1.165, 1.54) is 0 Å². The highest BCUT2D eigenvalue weighted by Crippen LogP contribution is 2.18. The zero-order valence-electron chi connectivity index (χ0n) is 11.9. The minimum atomic E-state index is -0.191. The number of piperidine rings is 1. The van der Waals surface area contributed by atoms with Gasteiger partial charge in [0.2, 0.25) is 5.95 Å². The van der Waals surface area contributed by atoms with E-state index in [1.54, 1.807) is 6.92 Å². The Morgan fingerprint density at radius 1 is 1.33 bits per heavy atom. The van der Waals surface area contributed by atoms with Crippen LogP contribution in [0.3, 0.4) is 0 Å². The molecule has 0 saturated carbocycles. The zero-order valence-corrected chi connectivity index (χ0v) is 11.9. The molecule has 0 aromatic carbocycles. The van der Waals surface area contributed by atoms with Crippen LogP contribution in [-0.2, 0) is 4.79 Å². The van der Waals surface area contributed by atoms with Crippen LogP contribution >= 0.6 is 0 Å². The lowest BCUT2D eigenvalue weighted by molar-refractivity contribution is -0.116. The van der Waals surface area contributed by atoms with Crippen LogP contribution < -0.4 is 10.2 Å². The number of nitrogens with zero attached hydrogens (tertiary/aromatic N) is 4. The van der Waals surface area contributed by atoms with Crippen LogP contribution in [-0.4, -0.2) is 39.6 Å². The van der Waals surface area contributed by atoms with Crippen molar-refractivity contribution < 1.29 is 4.79 Å². The molecule has 1 saturated heterocycles. The molecule has 1 N–H and O–H groups in total. The summed E-state index contributed by atoms with van der Waals surface area (Å²) in [4.78, 5) is 13.7. The SMILES string of the molecule is CC#CC(=O)NC1CCN(c2nnc3ccccn23)CC1. The lowest BCUT2D eigenvalue weighted by atomic mass is 10.1. The fourth-order valence-electron chi connectivity index (χ4n) is 2.60. The van der Waals surface area contributed by atoms with Gasteiger partial charge in [-0.05, 0) is 37.8 Å². The van der Waals surface area contributed by atoms with Crippen molar-refractivity contribution in [3.05, 3.63) is 24.4 Å². The molecular formula is C15H17N5O. The topological polar surface area (TPSA) is 62.5 Å². The number of hydrogen-bond donors (Lipinski definition) is 1. The van der Waals surface area contributed by atoms with E-state index >= 15 is 0 Å². The van der Waals surface area contributed by atoms with E-state index in [-0.39, 0.29) is 11.9 Å². The van der Waals surface area contributed by atoms with E-state index in [2.05, 4.69) is 32.3 Å². The molecule has 2 aromatic rings. The zero-order chi connectivity index (χ0) is 14.7.